The third-order valence-corrected chi connectivity index (χ3v) is 5.39. The van der Waals surface area contributed by atoms with E-state index < -0.39 is 0 Å². The molecule has 0 bridgehead atoms. The fraction of sp³-hybridized carbons (Fsp3) is 0.0833. The Morgan fingerprint density at radius 3 is 2.62 bits per heavy atom. The first-order chi connectivity index (χ1) is 15.7. The van der Waals surface area contributed by atoms with E-state index in [2.05, 4.69) is 20.6 Å². The summed E-state index contributed by atoms with van der Waals surface area (Å²) in [6, 6.07) is 16.5. The highest BCUT2D eigenvalue weighted by Gasteiger charge is 2.13. The van der Waals surface area contributed by atoms with Crippen molar-refractivity contribution in [1.29, 1.82) is 0 Å². The molecule has 4 rings (SSSR count). The minimum atomic E-state index is -0.218. The lowest BCUT2D eigenvalue weighted by molar-refractivity contribution is 0.0957. The number of hydrogen-bond acceptors (Lipinski definition) is 5. The molecule has 2 N–H and O–H groups in total. The molecule has 0 fully saturated rings. The van der Waals surface area contributed by atoms with Crippen LogP contribution in [0.3, 0.4) is 0 Å². The Labute approximate surface area is 189 Å². The number of carbonyl (C=O) groups is 2. The van der Waals surface area contributed by atoms with Crippen LogP contribution in [0.4, 0.5) is 5.13 Å². The Kier molecular flexibility index (Phi) is 6.84. The van der Waals surface area contributed by atoms with Crippen molar-refractivity contribution >= 4 is 34.4 Å². The van der Waals surface area contributed by atoms with Crippen LogP contribution in [0.2, 0.25) is 0 Å². The van der Waals surface area contributed by atoms with E-state index in [1.165, 1.54) is 11.3 Å². The topological polar surface area (TPSA) is 88.9 Å². The molecule has 0 spiro atoms. The van der Waals surface area contributed by atoms with Gasteiger partial charge in [-0.25, -0.2) is 4.98 Å². The molecule has 1 aromatic carbocycles. The van der Waals surface area contributed by atoms with E-state index in [1.807, 2.05) is 64.7 Å². The molecule has 3 aromatic heterocycles. The lowest BCUT2D eigenvalue weighted by Crippen LogP contribution is -2.23. The van der Waals surface area contributed by atoms with Gasteiger partial charge in [-0.2, -0.15) is 0 Å². The molecule has 32 heavy (non-hydrogen) atoms. The van der Waals surface area contributed by atoms with Crippen molar-refractivity contribution in [3.63, 3.8) is 0 Å². The SMILES string of the molecule is O=C(NC/C=C/c1csc(NC(=O)c2cccn2Cc2ccncc2)n1)c1ccccc1. The molecule has 0 unspecified atom stereocenters. The Balaban J connectivity index is 1.31. The highest BCUT2D eigenvalue weighted by molar-refractivity contribution is 7.14. The number of aromatic nitrogens is 3. The minimum Gasteiger partial charge on any atom is -0.349 e. The van der Waals surface area contributed by atoms with Crippen LogP contribution in [-0.2, 0) is 6.54 Å². The number of carbonyl (C=O) groups excluding carboxylic acids is 2. The monoisotopic (exact) mass is 443 g/mol. The summed E-state index contributed by atoms with van der Waals surface area (Å²) in [6.45, 7) is 0.967. The van der Waals surface area contributed by atoms with Gasteiger partial charge in [0.15, 0.2) is 5.13 Å². The molecule has 0 saturated heterocycles. The molecule has 2 amide bonds. The lowest BCUT2D eigenvalue weighted by atomic mass is 10.2. The second-order valence-corrected chi connectivity index (χ2v) is 7.74. The predicted molar refractivity (Wildman–Crippen MR) is 126 cm³/mol. The zero-order chi connectivity index (χ0) is 22.2. The molecule has 0 aliphatic heterocycles. The maximum atomic E-state index is 12.7. The van der Waals surface area contributed by atoms with Gasteiger partial charge >= 0.3 is 0 Å². The van der Waals surface area contributed by atoms with Crippen molar-refractivity contribution in [3.05, 3.63) is 107 Å². The number of anilines is 1. The molecule has 0 aliphatic carbocycles. The number of hydrogen-bond donors (Lipinski definition) is 2. The number of rotatable bonds is 8. The molecule has 7 nitrogen and oxygen atoms in total. The van der Waals surface area contributed by atoms with Gasteiger partial charge in [-0.1, -0.05) is 24.3 Å². The normalized spacial score (nSPS) is 10.9. The second-order valence-electron chi connectivity index (χ2n) is 6.89. The van der Waals surface area contributed by atoms with Crippen LogP contribution < -0.4 is 10.6 Å². The smallest absolute Gasteiger partial charge is 0.274 e. The first-order valence-electron chi connectivity index (χ1n) is 10.00. The Morgan fingerprint density at radius 1 is 1.00 bits per heavy atom. The highest BCUT2D eigenvalue weighted by atomic mass is 32.1. The summed E-state index contributed by atoms with van der Waals surface area (Å²) in [4.78, 5) is 33.2. The van der Waals surface area contributed by atoms with Crippen molar-refractivity contribution in [1.82, 2.24) is 19.9 Å². The number of thiazole rings is 1. The lowest BCUT2D eigenvalue weighted by Gasteiger charge is -2.08. The van der Waals surface area contributed by atoms with E-state index in [9.17, 15) is 9.59 Å². The zero-order valence-electron chi connectivity index (χ0n) is 17.1. The summed E-state index contributed by atoms with van der Waals surface area (Å²) in [5, 5.41) is 8.04. The first kappa shape index (κ1) is 21.2. The Morgan fingerprint density at radius 2 is 1.81 bits per heavy atom. The average Bonchev–Trinajstić information content (AvgIpc) is 3.47. The predicted octanol–water partition coefficient (Wildman–Crippen LogP) is 4.08. The largest absolute Gasteiger partial charge is 0.349 e. The van der Waals surface area contributed by atoms with Gasteiger partial charge in [0.2, 0.25) is 0 Å². The summed E-state index contributed by atoms with van der Waals surface area (Å²) < 4.78 is 1.88. The van der Waals surface area contributed by atoms with Gasteiger partial charge in [-0.05, 0) is 48.0 Å². The van der Waals surface area contributed by atoms with Crippen molar-refractivity contribution in [2.75, 3.05) is 11.9 Å². The summed E-state index contributed by atoms with van der Waals surface area (Å²) >= 11 is 1.35. The van der Waals surface area contributed by atoms with Gasteiger partial charge in [0.1, 0.15) is 5.69 Å². The third kappa shape index (κ3) is 5.55. The molecule has 8 heteroatoms. The fourth-order valence-corrected chi connectivity index (χ4v) is 3.72. The van der Waals surface area contributed by atoms with Gasteiger partial charge in [-0.15, -0.1) is 11.3 Å². The second kappa shape index (κ2) is 10.3. The van der Waals surface area contributed by atoms with Crippen molar-refractivity contribution < 1.29 is 9.59 Å². The van der Waals surface area contributed by atoms with E-state index in [4.69, 9.17) is 0 Å². The van der Waals surface area contributed by atoms with Gasteiger partial charge < -0.3 is 9.88 Å². The van der Waals surface area contributed by atoms with Crippen molar-refractivity contribution in [2.45, 2.75) is 6.54 Å². The highest BCUT2D eigenvalue weighted by Crippen LogP contribution is 2.18. The van der Waals surface area contributed by atoms with E-state index in [-0.39, 0.29) is 11.8 Å². The number of benzene rings is 1. The summed E-state index contributed by atoms with van der Waals surface area (Å²) in [7, 11) is 0. The summed E-state index contributed by atoms with van der Waals surface area (Å²) in [5.74, 6) is -0.347. The van der Waals surface area contributed by atoms with E-state index in [1.54, 1.807) is 30.6 Å². The Hall–Kier alpha value is -4.04. The molecule has 0 radical (unpaired) electrons. The van der Waals surface area contributed by atoms with Crippen LogP contribution >= 0.6 is 11.3 Å². The molecule has 4 aromatic rings. The van der Waals surface area contributed by atoms with Gasteiger partial charge in [0, 0.05) is 42.6 Å². The van der Waals surface area contributed by atoms with Crippen LogP contribution in [0.1, 0.15) is 32.1 Å². The van der Waals surface area contributed by atoms with Crippen molar-refractivity contribution in [2.24, 2.45) is 0 Å². The van der Waals surface area contributed by atoms with Gasteiger partial charge in [-0.3, -0.25) is 19.9 Å². The fourth-order valence-electron chi connectivity index (χ4n) is 3.05. The maximum Gasteiger partial charge on any atom is 0.274 e. The van der Waals surface area contributed by atoms with Gasteiger partial charge in [0.05, 0.1) is 5.69 Å². The van der Waals surface area contributed by atoms with E-state index in [0.29, 0.717) is 35.2 Å². The standard InChI is InChI=1S/C24H21N5O2S/c30-22(19-6-2-1-3-7-19)26-12-4-8-20-17-32-24(27-20)28-23(31)21-9-5-15-29(21)16-18-10-13-25-14-11-18/h1-11,13-15,17H,12,16H2,(H,26,30)(H,27,28,31)/b8-4+. The molecule has 160 valence electrons. The van der Waals surface area contributed by atoms with Crippen LogP contribution in [0, 0.1) is 0 Å². The molecule has 0 aliphatic rings. The van der Waals surface area contributed by atoms with E-state index in [0.717, 1.165) is 5.56 Å². The number of nitrogens with one attached hydrogen (secondary N) is 2. The molecule has 3 heterocycles. The zero-order valence-corrected chi connectivity index (χ0v) is 18.0. The van der Waals surface area contributed by atoms with Crippen LogP contribution in [0.25, 0.3) is 6.08 Å². The quantitative estimate of drug-likeness (QED) is 0.429. The summed E-state index contributed by atoms with van der Waals surface area (Å²) in [6.07, 6.45) is 8.96. The Bertz CT molecular complexity index is 1220. The minimum absolute atomic E-state index is 0.128. The van der Waals surface area contributed by atoms with Crippen molar-refractivity contribution in [3.8, 4) is 0 Å². The first-order valence-corrected chi connectivity index (χ1v) is 10.9. The van der Waals surface area contributed by atoms with Gasteiger partial charge in [0.25, 0.3) is 11.8 Å². The molecular weight excluding hydrogens is 422 g/mol. The molecular formula is C24H21N5O2S. The third-order valence-electron chi connectivity index (χ3n) is 4.61. The van der Waals surface area contributed by atoms with Crippen LogP contribution in [0.15, 0.2) is 84.6 Å². The van der Waals surface area contributed by atoms with Crippen LogP contribution in [-0.4, -0.2) is 32.9 Å². The number of amides is 2. The average molecular weight is 444 g/mol. The number of pyridine rings is 1. The number of nitrogens with zero attached hydrogens (tertiary/aromatic N) is 3. The van der Waals surface area contributed by atoms with E-state index >= 15 is 0 Å². The van der Waals surface area contributed by atoms with Crippen LogP contribution in [0.5, 0.6) is 0 Å². The molecule has 0 saturated carbocycles. The summed E-state index contributed by atoms with van der Waals surface area (Å²) in [5.41, 5.74) is 2.95. The maximum absolute atomic E-state index is 12.7. The molecule has 0 atom stereocenters.